The van der Waals surface area contributed by atoms with Crippen molar-refractivity contribution >= 4 is 11.6 Å². The molecule has 3 nitrogen and oxygen atoms in total. The normalized spacial score (nSPS) is 23.1. The molecule has 0 radical (unpaired) electrons. The molecular weight excluding hydrogens is 274 g/mol. The molecule has 0 saturated carbocycles. The van der Waals surface area contributed by atoms with Crippen LogP contribution in [-0.4, -0.2) is 42.9 Å². The highest BCUT2D eigenvalue weighted by Crippen LogP contribution is 2.34. The molecular formula is C16H24ClNO2. The predicted octanol–water partition coefficient (Wildman–Crippen LogP) is 3.20. The summed E-state index contributed by atoms with van der Waals surface area (Å²) < 4.78 is 5.72. The number of ether oxygens (including phenoxy) is 1. The molecule has 0 aromatic heterocycles. The molecule has 1 atom stereocenters. The molecule has 0 amide bonds. The molecule has 1 saturated heterocycles. The molecule has 1 heterocycles. The average Bonchev–Trinajstić information content (AvgIpc) is 2.86. The van der Waals surface area contributed by atoms with Crippen molar-refractivity contribution in [3.05, 3.63) is 29.3 Å². The number of hydrogen-bond acceptors (Lipinski definition) is 3. The van der Waals surface area contributed by atoms with Crippen molar-refractivity contribution in [2.24, 2.45) is 5.41 Å². The van der Waals surface area contributed by atoms with E-state index in [1.807, 2.05) is 24.3 Å². The summed E-state index contributed by atoms with van der Waals surface area (Å²) in [6.45, 7) is 6.12. The summed E-state index contributed by atoms with van der Waals surface area (Å²) in [6.07, 6.45) is 3.34. The van der Waals surface area contributed by atoms with E-state index in [2.05, 4.69) is 11.8 Å². The summed E-state index contributed by atoms with van der Waals surface area (Å²) in [5.41, 5.74) is 0.120. The Morgan fingerprint density at radius 1 is 1.35 bits per heavy atom. The highest BCUT2D eigenvalue weighted by molar-refractivity contribution is 6.30. The molecule has 1 aromatic rings. The second-order valence-corrected chi connectivity index (χ2v) is 6.17. The fourth-order valence-corrected chi connectivity index (χ4v) is 3.11. The Balaban J connectivity index is 1.74. The van der Waals surface area contributed by atoms with Gasteiger partial charge < -0.3 is 9.84 Å². The first-order chi connectivity index (χ1) is 9.67. The van der Waals surface area contributed by atoms with Crippen LogP contribution in [0.25, 0.3) is 0 Å². The lowest BCUT2D eigenvalue weighted by Gasteiger charge is -2.26. The number of rotatable bonds is 7. The van der Waals surface area contributed by atoms with Crippen molar-refractivity contribution in [3.8, 4) is 5.75 Å². The van der Waals surface area contributed by atoms with E-state index < -0.39 is 0 Å². The van der Waals surface area contributed by atoms with Gasteiger partial charge in [-0.05, 0) is 43.7 Å². The minimum atomic E-state index is 0.120. The standard InChI is InChI=1S/C16H24ClNO2/c1-2-7-16(13-19)8-9-18(12-16)10-11-20-15-5-3-14(17)4-6-15/h3-6,19H,2,7-13H2,1H3. The van der Waals surface area contributed by atoms with E-state index in [0.717, 1.165) is 49.7 Å². The second-order valence-electron chi connectivity index (χ2n) is 5.74. The Bertz CT molecular complexity index is 409. The number of benzene rings is 1. The van der Waals surface area contributed by atoms with Gasteiger partial charge in [-0.3, -0.25) is 4.90 Å². The molecule has 1 unspecified atom stereocenters. The van der Waals surface area contributed by atoms with Gasteiger partial charge in [0.15, 0.2) is 0 Å². The van der Waals surface area contributed by atoms with Crippen LogP contribution in [-0.2, 0) is 0 Å². The van der Waals surface area contributed by atoms with E-state index in [4.69, 9.17) is 16.3 Å². The molecule has 0 aliphatic carbocycles. The third kappa shape index (κ3) is 4.11. The van der Waals surface area contributed by atoms with E-state index in [1.54, 1.807) is 0 Å². The van der Waals surface area contributed by atoms with Gasteiger partial charge in [0.1, 0.15) is 12.4 Å². The lowest BCUT2D eigenvalue weighted by Crippen LogP contribution is -2.32. The highest BCUT2D eigenvalue weighted by Gasteiger charge is 2.36. The Hall–Kier alpha value is -0.770. The smallest absolute Gasteiger partial charge is 0.119 e. The van der Waals surface area contributed by atoms with Gasteiger partial charge in [-0.15, -0.1) is 0 Å². The SMILES string of the molecule is CCCC1(CO)CCN(CCOc2ccc(Cl)cc2)C1. The Morgan fingerprint density at radius 3 is 2.75 bits per heavy atom. The van der Waals surface area contributed by atoms with E-state index in [0.29, 0.717) is 13.2 Å². The number of aliphatic hydroxyl groups excluding tert-OH is 1. The number of nitrogens with zero attached hydrogens (tertiary/aromatic N) is 1. The Kier molecular flexibility index (Phi) is 5.70. The first kappa shape index (κ1) is 15.6. The minimum Gasteiger partial charge on any atom is -0.492 e. The van der Waals surface area contributed by atoms with Gasteiger partial charge in [0.25, 0.3) is 0 Å². The Labute approximate surface area is 126 Å². The zero-order valence-electron chi connectivity index (χ0n) is 12.1. The number of halogens is 1. The highest BCUT2D eigenvalue weighted by atomic mass is 35.5. The second kappa shape index (κ2) is 7.30. The quantitative estimate of drug-likeness (QED) is 0.839. The van der Waals surface area contributed by atoms with Crippen LogP contribution in [0.4, 0.5) is 0 Å². The van der Waals surface area contributed by atoms with Gasteiger partial charge >= 0.3 is 0 Å². The van der Waals surface area contributed by atoms with Crippen LogP contribution >= 0.6 is 11.6 Å². The van der Waals surface area contributed by atoms with E-state index >= 15 is 0 Å². The fraction of sp³-hybridized carbons (Fsp3) is 0.625. The molecule has 1 aliphatic heterocycles. The zero-order chi connectivity index (χ0) is 14.4. The van der Waals surface area contributed by atoms with Crippen molar-refractivity contribution in [2.45, 2.75) is 26.2 Å². The lowest BCUT2D eigenvalue weighted by molar-refractivity contribution is 0.115. The maximum absolute atomic E-state index is 9.62. The minimum absolute atomic E-state index is 0.120. The van der Waals surface area contributed by atoms with Gasteiger partial charge in [-0.25, -0.2) is 0 Å². The van der Waals surface area contributed by atoms with Crippen molar-refractivity contribution in [3.63, 3.8) is 0 Å². The molecule has 0 spiro atoms. The predicted molar refractivity (Wildman–Crippen MR) is 82.4 cm³/mol. The van der Waals surface area contributed by atoms with Crippen LogP contribution in [0.15, 0.2) is 24.3 Å². The van der Waals surface area contributed by atoms with Crippen LogP contribution in [0.2, 0.25) is 5.02 Å². The fourth-order valence-electron chi connectivity index (χ4n) is 2.98. The molecule has 1 fully saturated rings. The van der Waals surface area contributed by atoms with Gasteiger partial charge in [0.2, 0.25) is 0 Å². The molecule has 4 heteroatoms. The monoisotopic (exact) mass is 297 g/mol. The third-order valence-electron chi connectivity index (χ3n) is 4.12. The van der Waals surface area contributed by atoms with E-state index in [1.165, 1.54) is 0 Å². The molecule has 1 aliphatic rings. The average molecular weight is 298 g/mol. The van der Waals surface area contributed by atoms with Crippen molar-refractivity contribution in [1.29, 1.82) is 0 Å². The Morgan fingerprint density at radius 2 is 2.10 bits per heavy atom. The number of hydrogen-bond donors (Lipinski definition) is 1. The lowest BCUT2D eigenvalue weighted by atomic mass is 9.83. The molecule has 20 heavy (non-hydrogen) atoms. The van der Waals surface area contributed by atoms with E-state index in [9.17, 15) is 5.11 Å². The summed E-state index contributed by atoms with van der Waals surface area (Å²) in [5.74, 6) is 0.857. The van der Waals surface area contributed by atoms with Crippen LogP contribution in [0.5, 0.6) is 5.75 Å². The zero-order valence-corrected chi connectivity index (χ0v) is 12.9. The van der Waals surface area contributed by atoms with Gasteiger partial charge in [-0.1, -0.05) is 24.9 Å². The van der Waals surface area contributed by atoms with Crippen LogP contribution in [0.1, 0.15) is 26.2 Å². The van der Waals surface area contributed by atoms with Gasteiger partial charge in [0.05, 0.1) is 0 Å². The van der Waals surface area contributed by atoms with Crippen molar-refractivity contribution in [1.82, 2.24) is 4.90 Å². The van der Waals surface area contributed by atoms with E-state index in [-0.39, 0.29) is 5.41 Å². The first-order valence-corrected chi connectivity index (χ1v) is 7.77. The summed E-state index contributed by atoms with van der Waals surface area (Å²) in [5, 5.41) is 10.4. The summed E-state index contributed by atoms with van der Waals surface area (Å²) in [4.78, 5) is 2.39. The van der Waals surface area contributed by atoms with Crippen molar-refractivity contribution < 1.29 is 9.84 Å². The molecule has 1 aromatic carbocycles. The third-order valence-corrected chi connectivity index (χ3v) is 4.37. The van der Waals surface area contributed by atoms with Crippen LogP contribution < -0.4 is 4.74 Å². The topological polar surface area (TPSA) is 32.7 Å². The number of likely N-dealkylation sites (tertiary alicyclic amines) is 1. The molecule has 0 bridgehead atoms. The molecule has 2 rings (SSSR count). The summed E-state index contributed by atoms with van der Waals surface area (Å²) >= 11 is 5.84. The molecule has 1 N–H and O–H groups in total. The summed E-state index contributed by atoms with van der Waals surface area (Å²) in [6, 6.07) is 7.46. The summed E-state index contributed by atoms with van der Waals surface area (Å²) in [7, 11) is 0. The van der Waals surface area contributed by atoms with Crippen LogP contribution in [0, 0.1) is 5.41 Å². The maximum atomic E-state index is 9.62. The van der Waals surface area contributed by atoms with Gasteiger partial charge in [0, 0.05) is 30.1 Å². The van der Waals surface area contributed by atoms with Crippen molar-refractivity contribution in [2.75, 3.05) is 32.8 Å². The number of aliphatic hydroxyl groups is 1. The maximum Gasteiger partial charge on any atom is 0.119 e. The van der Waals surface area contributed by atoms with Gasteiger partial charge in [-0.2, -0.15) is 0 Å². The first-order valence-electron chi connectivity index (χ1n) is 7.39. The largest absolute Gasteiger partial charge is 0.492 e. The molecule has 112 valence electrons. The van der Waals surface area contributed by atoms with Crippen LogP contribution in [0.3, 0.4) is 0 Å².